The Hall–Kier alpha value is -2.40. The molecule has 4 nitrogen and oxygen atoms in total. The van der Waals surface area contributed by atoms with Gasteiger partial charge < -0.3 is 0 Å². The van der Waals surface area contributed by atoms with Crippen molar-refractivity contribution in [2.45, 2.75) is 31.3 Å². The van der Waals surface area contributed by atoms with Gasteiger partial charge in [-0.2, -0.15) is 9.78 Å². The Morgan fingerprint density at radius 1 is 0.958 bits per heavy atom. The van der Waals surface area contributed by atoms with E-state index >= 15 is 0 Å². The highest BCUT2D eigenvalue weighted by Crippen LogP contribution is 2.26. The molecule has 3 aromatic rings. The average molecular weight is 336 g/mol. The number of nitrogens with zero attached hydrogens (tertiary/aromatic N) is 4. The zero-order valence-corrected chi connectivity index (χ0v) is 14.9. The molecular weight excluding hydrogens is 316 g/mol. The molecule has 3 rings (SSSR count). The van der Waals surface area contributed by atoms with Crippen LogP contribution in [0, 0.1) is 0 Å². The van der Waals surface area contributed by atoms with Crippen molar-refractivity contribution in [2.24, 2.45) is 5.10 Å². The Morgan fingerprint density at radius 2 is 1.62 bits per heavy atom. The summed E-state index contributed by atoms with van der Waals surface area (Å²) >= 11 is 4.36. The number of benzene rings is 2. The molecule has 0 saturated carbocycles. The number of hydrogen-bond acceptors (Lipinski definition) is 4. The van der Waals surface area contributed by atoms with Gasteiger partial charge in [0.25, 0.3) is 0 Å². The second-order valence-corrected chi connectivity index (χ2v) is 7.02. The third-order valence-electron chi connectivity index (χ3n) is 3.76. The molecule has 0 amide bonds. The van der Waals surface area contributed by atoms with E-state index in [0.717, 1.165) is 11.1 Å². The van der Waals surface area contributed by atoms with Gasteiger partial charge in [0.1, 0.15) is 0 Å². The summed E-state index contributed by atoms with van der Waals surface area (Å²) in [5, 5.41) is 13.2. The van der Waals surface area contributed by atoms with E-state index in [1.54, 1.807) is 10.9 Å². The second-order valence-electron chi connectivity index (χ2n) is 6.62. The van der Waals surface area contributed by atoms with Gasteiger partial charge in [0.05, 0.1) is 6.21 Å². The van der Waals surface area contributed by atoms with Crippen LogP contribution in [0.15, 0.2) is 64.9 Å². The van der Waals surface area contributed by atoms with Gasteiger partial charge in [-0.15, -0.1) is 22.8 Å². The van der Waals surface area contributed by atoms with Crippen LogP contribution in [0.1, 0.15) is 31.9 Å². The quantitative estimate of drug-likeness (QED) is 0.568. The second kappa shape index (κ2) is 6.61. The van der Waals surface area contributed by atoms with Crippen molar-refractivity contribution in [2.75, 3.05) is 0 Å². The van der Waals surface area contributed by atoms with Gasteiger partial charge in [0, 0.05) is 5.56 Å². The minimum absolute atomic E-state index is 0.117. The molecule has 0 aliphatic heterocycles. The molecule has 1 aromatic heterocycles. The number of thiol groups is 1. The largest absolute Gasteiger partial charge is 0.209 e. The first-order valence-electron chi connectivity index (χ1n) is 7.80. The Bertz CT molecular complexity index is 843. The first-order valence-corrected chi connectivity index (χ1v) is 8.24. The SMILES string of the molecule is CC(C)(C)c1ccc(-c2nnc(S)n2N=Cc2ccccc2)cc1. The summed E-state index contributed by atoms with van der Waals surface area (Å²) in [5.41, 5.74) is 3.36. The van der Waals surface area contributed by atoms with E-state index in [1.165, 1.54) is 5.56 Å². The zero-order valence-electron chi connectivity index (χ0n) is 14.0. The van der Waals surface area contributed by atoms with Crippen LogP contribution in [0.3, 0.4) is 0 Å². The van der Waals surface area contributed by atoms with Crippen molar-refractivity contribution in [1.29, 1.82) is 0 Å². The molecule has 24 heavy (non-hydrogen) atoms. The minimum Gasteiger partial charge on any atom is -0.187 e. The topological polar surface area (TPSA) is 43.1 Å². The fourth-order valence-corrected chi connectivity index (χ4v) is 2.53. The highest BCUT2D eigenvalue weighted by Gasteiger charge is 2.15. The molecular formula is C19H20N4S. The molecule has 122 valence electrons. The standard InChI is InChI=1S/C19H20N4S/c1-19(2,3)16-11-9-15(10-12-16)17-21-22-18(24)23(17)20-13-14-7-5-4-6-8-14/h4-13H,1-3H3,(H,22,24). The maximum atomic E-state index is 4.47. The monoisotopic (exact) mass is 336 g/mol. The van der Waals surface area contributed by atoms with Crippen LogP contribution in [0.2, 0.25) is 0 Å². The van der Waals surface area contributed by atoms with Crippen LogP contribution in [0.4, 0.5) is 0 Å². The molecule has 0 aliphatic carbocycles. The predicted molar refractivity (Wildman–Crippen MR) is 101 cm³/mol. The van der Waals surface area contributed by atoms with Crippen LogP contribution in [0.25, 0.3) is 11.4 Å². The molecule has 0 N–H and O–H groups in total. The fourth-order valence-electron chi connectivity index (χ4n) is 2.34. The lowest BCUT2D eigenvalue weighted by Gasteiger charge is -2.18. The van der Waals surface area contributed by atoms with Crippen molar-refractivity contribution < 1.29 is 0 Å². The van der Waals surface area contributed by atoms with E-state index < -0.39 is 0 Å². The first kappa shape index (κ1) is 16.5. The van der Waals surface area contributed by atoms with E-state index in [-0.39, 0.29) is 5.41 Å². The van der Waals surface area contributed by atoms with Crippen molar-refractivity contribution >= 4 is 18.8 Å². The van der Waals surface area contributed by atoms with Crippen LogP contribution < -0.4 is 0 Å². The third-order valence-corrected chi connectivity index (χ3v) is 4.03. The van der Waals surface area contributed by atoms with Gasteiger partial charge in [-0.25, -0.2) is 0 Å². The zero-order chi connectivity index (χ0) is 17.2. The van der Waals surface area contributed by atoms with Crippen LogP contribution in [-0.4, -0.2) is 21.1 Å². The molecule has 5 heteroatoms. The lowest BCUT2D eigenvalue weighted by atomic mass is 9.87. The third kappa shape index (κ3) is 3.57. The molecule has 0 unspecified atom stereocenters. The molecule has 0 bridgehead atoms. The Labute approximate surface area is 147 Å². The summed E-state index contributed by atoms with van der Waals surface area (Å²) in [6.45, 7) is 6.58. The summed E-state index contributed by atoms with van der Waals surface area (Å²) in [6, 6.07) is 18.2. The lowest BCUT2D eigenvalue weighted by Crippen LogP contribution is -2.10. The maximum Gasteiger partial charge on any atom is 0.209 e. The first-order chi connectivity index (χ1) is 11.4. The van der Waals surface area contributed by atoms with E-state index in [4.69, 9.17) is 0 Å². The summed E-state index contributed by atoms with van der Waals surface area (Å²) in [7, 11) is 0. The Morgan fingerprint density at radius 3 is 2.25 bits per heavy atom. The van der Waals surface area contributed by atoms with Gasteiger partial charge in [0.15, 0.2) is 5.82 Å². The van der Waals surface area contributed by atoms with Gasteiger partial charge in [0.2, 0.25) is 5.16 Å². The van der Waals surface area contributed by atoms with E-state index in [9.17, 15) is 0 Å². The summed E-state index contributed by atoms with van der Waals surface area (Å²) in [4.78, 5) is 0. The van der Waals surface area contributed by atoms with Gasteiger partial charge >= 0.3 is 0 Å². The molecule has 2 aromatic carbocycles. The van der Waals surface area contributed by atoms with E-state index in [1.807, 2.05) is 42.5 Å². The number of rotatable bonds is 3. The van der Waals surface area contributed by atoms with Gasteiger partial charge in [-0.05, 0) is 16.5 Å². The van der Waals surface area contributed by atoms with Crippen molar-refractivity contribution in [3.8, 4) is 11.4 Å². The molecule has 0 fully saturated rings. The maximum absolute atomic E-state index is 4.47. The molecule has 0 spiro atoms. The van der Waals surface area contributed by atoms with Crippen LogP contribution in [0.5, 0.6) is 0 Å². The van der Waals surface area contributed by atoms with Crippen molar-refractivity contribution in [3.63, 3.8) is 0 Å². The molecule has 0 aliphatic rings. The van der Waals surface area contributed by atoms with Crippen molar-refractivity contribution in [3.05, 3.63) is 65.7 Å². The molecule has 0 saturated heterocycles. The lowest BCUT2D eigenvalue weighted by molar-refractivity contribution is 0.590. The van der Waals surface area contributed by atoms with Crippen LogP contribution in [-0.2, 0) is 5.41 Å². The van der Waals surface area contributed by atoms with E-state index in [0.29, 0.717) is 11.0 Å². The smallest absolute Gasteiger partial charge is 0.187 e. The average Bonchev–Trinajstić information content (AvgIpc) is 2.94. The van der Waals surface area contributed by atoms with Gasteiger partial charge in [-0.3, -0.25) is 0 Å². The molecule has 1 heterocycles. The summed E-state index contributed by atoms with van der Waals surface area (Å²) < 4.78 is 1.64. The van der Waals surface area contributed by atoms with Gasteiger partial charge in [-0.1, -0.05) is 75.4 Å². The van der Waals surface area contributed by atoms with E-state index in [2.05, 4.69) is 60.8 Å². The summed E-state index contributed by atoms with van der Waals surface area (Å²) in [5.74, 6) is 0.674. The predicted octanol–water partition coefficient (Wildman–Crippen LogP) is 4.41. The normalized spacial score (nSPS) is 12.0. The summed E-state index contributed by atoms with van der Waals surface area (Å²) in [6.07, 6.45) is 1.77. The Kier molecular flexibility index (Phi) is 4.53. The Balaban J connectivity index is 1.94. The highest BCUT2D eigenvalue weighted by atomic mass is 32.1. The number of hydrogen-bond donors (Lipinski definition) is 1. The van der Waals surface area contributed by atoms with Crippen molar-refractivity contribution in [1.82, 2.24) is 14.9 Å². The molecule has 0 radical (unpaired) electrons. The fraction of sp³-hybridized carbons (Fsp3) is 0.211. The highest BCUT2D eigenvalue weighted by molar-refractivity contribution is 7.80. The van der Waals surface area contributed by atoms with Crippen LogP contribution >= 0.6 is 12.6 Å². The number of aromatic nitrogens is 3. The molecule has 0 atom stereocenters. The minimum atomic E-state index is 0.117.